The zero-order chi connectivity index (χ0) is 21.7. The summed E-state index contributed by atoms with van der Waals surface area (Å²) in [6.07, 6.45) is 7.01. The van der Waals surface area contributed by atoms with Crippen LogP contribution >= 0.6 is 0 Å². The Morgan fingerprint density at radius 1 is 1.10 bits per heavy atom. The minimum atomic E-state index is -3.66. The lowest BCUT2D eigenvalue weighted by Gasteiger charge is -2.29. The largest absolute Gasteiger partial charge is 0.452 e. The third-order valence-corrected chi connectivity index (χ3v) is 8.19. The van der Waals surface area contributed by atoms with Gasteiger partial charge in [0.1, 0.15) is 0 Å². The molecule has 1 saturated carbocycles. The van der Waals surface area contributed by atoms with Gasteiger partial charge in [-0.15, -0.1) is 0 Å². The van der Waals surface area contributed by atoms with Crippen LogP contribution in [0.25, 0.3) is 0 Å². The third kappa shape index (κ3) is 5.40. The molecule has 1 aliphatic carbocycles. The van der Waals surface area contributed by atoms with Gasteiger partial charge in [0.05, 0.1) is 10.5 Å². The molecule has 0 radical (unpaired) electrons. The Balaban J connectivity index is 1.63. The van der Waals surface area contributed by atoms with Crippen molar-refractivity contribution >= 4 is 21.9 Å². The lowest BCUT2D eigenvalue weighted by atomic mass is 9.86. The molecule has 1 saturated heterocycles. The Hall–Kier alpha value is -1.93. The van der Waals surface area contributed by atoms with Gasteiger partial charge in [-0.25, -0.2) is 13.2 Å². The number of carbonyl (C=O) groups excluding carboxylic acids is 2. The van der Waals surface area contributed by atoms with Crippen LogP contribution in [0.5, 0.6) is 0 Å². The molecule has 0 spiro atoms. The second kappa shape index (κ2) is 9.92. The van der Waals surface area contributed by atoms with E-state index in [0.717, 1.165) is 38.5 Å². The Morgan fingerprint density at radius 2 is 1.80 bits per heavy atom. The number of nitrogens with zero attached hydrogens (tertiary/aromatic N) is 1. The molecule has 2 fully saturated rings. The molecule has 3 rings (SSSR count). The van der Waals surface area contributed by atoms with Gasteiger partial charge in [0.2, 0.25) is 10.0 Å². The van der Waals surface area contributed by atoms with Gasteiger partial charge in [-0.1, -0.05) is 32.3 Å². The van der Waals surface area contributed by atoms with Gasteiger partial charge < -0.3 is 10.1 Å². The zero-order valence-electron chi connectivity index (χ0n) is 17.9. The molecule has 2 aliphatic rings. The van der Waals surface area contributed by atoms with E-state index in [1.165, 1.54) is 22.9 Å². The van der Waals surface area contributed by atoms with Crippen LogP contribution < -0.4 is 5.32 Å². The van der Waals surface area contributed by atoms with Crippen LogP contribution in [0, 0.1) is 12.8 Å². The topological polar surface area (TPSA) is 92.8 Å². The molecule has 1 amide bonds. The molecule has 8 heteroatoms. The average molecular weight is 437 g/mol. The number of benzene rings is 1. The number of hydrogen-bond donors (Lipinski definition) is 1. The maximum absolute atomic E-state index is 13.0. The van der Waals surface area contributed by atoms with Crippen molar-refractivity contribution in [1.82, 2.24) is 9.62 Å². The van der Waals surface area contributed by atoms with Crippen LogP contribution in [-0.4, -0.2) is 50.3 Å². The van der Waals surface area contributed by atoms with Gasteiger partial charge in [0.15, 0.2) is 6.61 Å². The molecule has 1 aromatic carbocycles. The summed E-state index contributed by atoms with van der Waals surface area (Å²) in [6, 6.07) is 4.62. The summed E-state index contributed by atoms with van der Waals surface area (Å²) in [6.45, 7) is 4.45. The molecule has 0 unspecified atom stereocenters. The molecule has 166 valence electrons. The van der Waals surface area contributed by atoms with Crippen molar-refractivity contribution < 1.29 is 22.7 Å². The molecule has 1 aliphatic heterocycles. The molecular formula is C22H32N2O5S. The summed E-state index contributed by atoms with van der Waals surface area (Å²) >= 11 is 0. The van der Waals surface area contributed by atoms with Crippen LogP contribution in [0.2, 0.25) is 0 Å². The first-order valence-electron chi connectivity index (χ1n) is 10.9. The summed E-state index contributed by atoms with van der Waals surface area (Å²) in [7, 11) is -3.66. The van der Waals surface area contributed by atoms with Crippen LogP contribution in [0.4, 0.5) is 0 Å². The standard InChI is InChI=1S/C22H32N2O5S/c1-16-8-4-5-9-19(16)23-21(25)15-29-22(26)18-11-10-17(2)20(14-18)30(27,28)24-12-6-3-7-13-24/h10-11,14,16,19H,3-9,12-13,15H2,1-2H3,(H,23,25)/t16-,19-/m1/s1. The van der Waals surface area contributed by atoms with Crippen molar-refractivity contribution in [2.75, 3.05) is 19.7 Å². The smallest absolute Gasteiger partial charge is 0.338 e. The summed E-state index contributed by atoms with van der Waals surface area (Å²) in [5, 5.41) is 2.94. The molecule has 30 heavy (non-hydrogen) atoms. The van der Waals surface area contributed by atoms with E-state index in [1.54, 1.807) is 13.0 Å². The highest BCUT2D eigenvalue weighted by Crippen LogP contribution is 2.25. The van der Waals surface area contributed by atoms with E-state index in [2.05, 4.69) is 12.2 Å². The van der Waals surface area contributed by atoms with E-state index in [1.807, 2.05) is 0 Å². The average Bonchev–Trinajstić information content (AvgIpc) is 2.74. The monoisotopic (exact) mass is 436 g/mol. The maximum Gasteiger partial charge on any atom is 0.338 e. The van der Waals surface area contributed by atoms with Crippen molar-refractivity contribution in [3.05, 3.63) is 29.3 Å². The van der Waals surface area contributed by atoms with E-state index in [4.69, 9.17) is 4.74 Å². The summed E-state index contributed by atoms with van der Waals surface area (Å²) in [5.74, 6) is -0.606. The molecule has 2 atom stereocenters. The SMILES string of the molecule is Cc1ccc(C(=O)OCC(=O)N[C@@H]2CCCC[C@H]2C)cc1S(=O)(=O)N1CCCCC1. The lowest BCUT2D eigenvalue weighted by Crippen LogP contribution is -2.42. The number of hydrogen-bond acceptors (Lipinski definition) is 5. The van der Waals surface area contributed by atoms with Crippen LogP contribution in [0.15, 0.2) is 23.1 Å². The highest BCUT2D eigenvalue weighted by Gasteiger charge is 2.28. The van der Waals surface area contributed by atoms with Gasteiger partial charge in [-0.3, -0.25) is 4.79 Å². The quantitative estimate of drug-likeness (QED) is 0.692. The predicted octanol–water partition coefficient (Wildman–Crippen LogP) is 3.02. The minimum absolute atomic E-state index is 0.116. The Labute approximate surface area is 179 Å². The maximum atomic E-state index is 13.0. The molecule has 0 bridgehead atoms. The van der Waals surface area contributed by atoms with Gasteiger partial charge >= 0.3 is 5.97 Å². The minimum Gasteiger partial charge on any atom is -0.452 e. The number of sulfonamides is 1. The van der Waals surface area contributed by atoms with Crippen molar-refractivity contribution in [3.8, 4) is 0 Å². The number of carbonyl (C=O) groups is 2. The fraction of sp³-hybridized carbons (Fsp3) is 0.636. The van der Waals surface area contributed by atoms with Crippen molar-refractivity contribution in [2.45, 2.75) is 69.7 Å². The van der Waals surface area contributed by atoms with Gasteiger partial charge in [0.25, 0.3) is 5.91 Å². The van der Waals surface area contributed by atoms with Gasteiger partial charge in [0, 0.05) is 19.1 Å². The highest BCUT2D eigenvalue weighted by molar-refractivity contribution is 7.89. The summed E-state index contributed by atoms with van der Waals surface area (Å²) in [5.41, 5.74) is 0.719. The zero-order valence-corrected chi connectivity index (χ0v) is 18.7. The highest BCUT2D eigenvalue weighted by atomic mass is 32.2. The van der Waals surface area contributed by atoms with Crippen molar-refractivity contribution in [3.63, 3.8) is 0 Å². The van der Waals surface area contributed by atoms with Gasteiger partial charge in [-0.05, 0) is 56.2 Å². The van der Waals surface area contributed by atoms with Gasteiger partial charge in [-0.2, -0.15) is 4.31 Å². The van der Waals surface area contributed by atoms with Crippen LogP contribution in [0.3, 0.4) is 0 Å². The predicted molar refractivity (Wildman–Crippen MR) is 114 cm³/mol. The number of aryl methyl sites for hydroxylation is 1. The number of ether oxygens (including phenoxy) is 1. The van der Waals surface area contributed by atoms with E-state index in [-0.39, 0.29) is 29.0 Å². The third-order valence-electron chi connectivity index (χ3n) is 6.15. The Kier molecular flexibility index (Phi) is 7.52. The summed E-state index contributed by atoms with van der Waals surface area (Å²) in [4.78, 5) is 24.8. The first-order chi connectivity index (χ1) is 14.3. The van der Waals surface area contributed by atoms with E-state index < -0.39 is 16.0 Å². The fourth-order valence-corrected chi connectivity index (χ4v) is 6.01. The second-order valence-electron chi connectivity index (χ2n) is 8.46. The van der Waals surface area contributed by atoms with Crippen LogP contribution in [0.1, 0.15) is 67.8 Å². The van der Waals surface area contributed by atoms with E-state index in [9.17, 15) is 18.0 Å². The second-order valence-corrected chi connectivity index (χ2v) is 10.4. The molecule has 0 aromatic heterocycles. The van der Waals surface area contributed by atoms with Crippen LogP contribution in [-0.2, 0) is 19.6 Å². The Morgan fingerprint density at radius 3 is 2.50 bits per heavy atom. The van der Waals surface area contributed by atoms with E-state index in [0.29, 0.717) is 24.6 Å². The lowest BCUT2D eigenvalue weighted by molar-refractivity contribution is -0.125. The molecular weight excluding hydrogens is 404 g/mol. The Bertz CT molecular complexity index is 878. The molecule has 7 nitrogen and oxygen atoms in total. The normalized spacial score (nSPS) is 23.0. The number of esters is 1. The number of amides is 1. The molecule has 1 aromatic rings. The van der Waals surface area contributed by atoms with E-state index >= 15 is 0 Å². The number of nitrogens with one attached hydrogen (secondary N) is 1. The fourth-order valence-electron chi connectivity index (χ4n) is 4.24. The first-order valence-corrected chi connectivity index (χ1v) is 12.3. The molecule has 1 heterocycles. The first kappa shape index (κ1) is 22.7. The summed E-state index contributed by atoms with van der Waals surface area (Å²) < 4.78 is 32.7. The molecule has 1 N–H and O–H groups in total. The number of rotatable bonds is 6. The van der Waals surface area contributed by atoms with Crippen molar-refractivity contribution in [2.24, 2.45) is 5.92 Å². The van der Waals surface area contributed by atoms with Crippen molar-refractivity contribution in [1.29, 1.82) is 0 Å². The number of piperidine rings is 1.